The molecule has 29 heavy (non-hydrogen) atoms. The van der Waals surface area contributed by atoms with Crippen LogP contribution in [0.3, 0.4) is 0 Å². The van der Waals surface area contributed by atoms with Crippen molar-refractivity contribution >= 4 is 11.7 Å². The lowest BCUT2D eigenvalue weighted by Crippen LogP contribution is -2.39. The molecule has 0 unspecified atom stereocenters. The van der Waals surface area contributed by atoms with E-state index in [2.05, 4.69) is 4.90 Å². The van der Waals surface area contributed by atoms with E-state index in [-0.39, 0.29) is 17.5 Å². The number of fused-ring (bicyclic) bond motifs is 1. The molecule has 1 fully saturated rings. The Bertz CT molecular complexity index is 873. The highest BCUT2D eigenvalue weighted by Gasteiger charge is 2.30. The van der Waals surface area contributed by atoms with Crippen LogP contribution in [0.15, 0.2) is 48.5 Å². The van der Waals surface area contributed by atoms with E-state index in [1.807, 2.05) is 29.2 Å². The summed E-state index contributed by atoms with van der Waals surface area (Å²) in [5.74, 6) is 0.476. The summed E-state index contributed by atoms with van der Waals surface area (Å²) in [6.45, 7) is 4.52. The number of Topliss-reactive ketones (excluding diaryl/α,β-unsaturated/α-hetero) is 1. The Labute approximate surface area is 171 Å². The number of carbonyl (C=O) groups excluding carboxylic acids is 2. The van der Waals surface area contributed by atoms with Gasteiger partial charge >= 0.3 is 0 Å². The third-order valence-corrected chi connectivity index (χ3v) is 6.13. The number of piperidine rings is 1. The van der Waals surface area contributed by atoms with Gasteiger partial charge in [0.1, 0.15) is 5.82 Å². The van der Waals surface area contributed by atoms with E-state index in [1.54, 1.807) is 12.1 Å². The van der Waals surface area contributed by atoms with Gasteiger partial charge in [-0.25, -0.2) is 4.39 Å². The van der Waals surface area contributed by atoms with Crippen LogP contribution in [0.2, 0.25) is 0 Å². The predicted octanol–water partition coefficient (Wildman–Crippen LogP) is 4.16. The average Bonchev–Trinajstić information content (AvgIpc) is 3.05. The van der Waals surface area contributed by atoms with Gasteiger partial charge in [-0.05, 0) is 80.7 Å². The van der Waals surface area contributed by atoms with Crippen LogP contribution in [0, 0.1) is 11.7 Å². The molecule has 0 bridgehead atoms. The van der Waals surface area contributed by atoms with Crippen molar-refractivity contribution in [1.82, 2.24) is 9.80 Å². The maximum Gasteiger partial charge on any atom is 0.254 e. The summed E-state index contributed by atoms with van der Waals surface area (Å²) < 4.78 is 13.0. The Kier molecular flexibility index (Phi) is 6.05. The molecule has 0 radical (unpaired) electrons. The first-order valence-electron chi connectivity index (χ1n) is 10.5. The molecule has 0 spiro atoms. The third-order valence-electron chi connectivity index (χ3n) is 6.13. The minimum absolute atomic E-state index is 0.0759. The lowest BCUT2D eigenvalue weighted by molar-refractivity contribution is 0.0713. The Morgan fingerprint density at radius 3 is 2.48 bits per heavy atom. The van der Waals surface area contributed by atoms with Gasteiger partial charge in [-0.3, -0.25) is 9.59 Å². The SMILES string of the molecule is O=C(CCCN1CCC(CN2Cc3ccccc3C2=O)CC1)c1ccc(F)cc1. The van der Waals surface area contributed by atoms with E-state index in [0.717, 1.165) is 63.1 Å². The van der Waals surface area contributed by atoms with Gasteiger partial charge in [0.25, 0.3) is 5.91 Å². The number of benzene rings is 2. The van der Waals surface area contributed by atoms with E-state index in [9.17, 15) is 14.0 Å². The van der Waals surface area contributed by atoms with Crippen LogP contribution in [0.5, 0.6) is 0 Å². The predicted molar refractivity (Wildman–Crippen MR) is 110 cm³/mol. The van der Waals surface area contributed by atoms with Crippen molar-refractivity contribution in [3.05, 3.63) is 71.0 Å². The van der Waals surface area contributed by atoms with Crippen molar-refractivity contribution < 1.29 is 14.0 Å². The fourth-order valence-electron chi connectivity index (χ4n) is 4.41. The lowest BCUT2D eigenvalue weighted by atomic mass is 9.96. The summed E-state index contributed by atoms with van der Waals surface area (Å²) in [6.07, 6.45) is 3.49. The van der Waals surface area contributed by atoms with Crippen LogP contribution in [-0.2, 0) is 6.54 Å². The van der Waals surface area contributed by atoms with Gasteiger partial charge in [0.15, 0.2) is 5.78 Å². The number of nitrogens with zero attached hydrogens (tertiary/aromatic N) is 2. The maximum absolute atomic E-state index is 13.0. The number of hydrogen-bond acceptors (Lipinski definition) is 3. The molecule has 1 amide bonds. The van der Waals surface area contributed by atoms with Crippen molar-refractivity contribution in [2.45, 2.75) is 32.2 Å². The highest BCUT2D eigenvalue weighted by atomic mass is 19.1. The normalized spacial score (nSPS) is 17.6. The summed E-state index contributed by atoms with van der Waals surface area (Å²) in [5, 5.41) is 0. The number of carbonyl (C=O) groups is 2. The Hall–Kier alpha value is -2.53. The molecule has 2 aromatic carbocycles. The number of likely N-dealkylation sites (tertiary alicyclic amines) is 1. The molecule has 2 aromatic rings. The monoisotopic (exact) mass is 394 g/mol. The maximum atomic E-state index is 13.0. The molecule has 0 N–H and O–H groups in total. The van der Waals surface area contributed by atoms with E-state index in [4.69, 9.17) is 0 Å². The number of halogens is 1. The molecule has 2 aliphatic rings. The van der Waals surface area contributed by atoms with Crippen molar-refractivity contribution in [2.24, 2.45) is 5.92 Å². The molecule has 152 valence electrons. The zero-order valence-electron chi connectivity index (χ0n) is 16.6. The largest absolute Gasteiger partial charge is 0.334 e. The lowest BCUT2D eigenvalue weighted by Gasteiger charge is -2.33. The number of hydrogen-bond donors (Lipinski definition) is 0. The van der Waals surface area contributed by atoms with E-state index < -0.39 is 0 Å². The van der Waals surface area contributed by atoms with Crippen LogP contribution in [-0.4, -0.2) is 47.7 Å². The number of rotatable bonds is 7. The van der Waals surface area contributed by atoms with Crippen LogP contribution in [0.4, 0.5) is 4.39 Å². The minimum atomic E-state index is -0.316. The second-order valence-corrected chi connectivity index (χ2v) is 8.16. The Morgan fingerprint density at radius 2 is 1.76 bits per heavy atom. The molecule has 2 aliphatic heterocycles. The first-order chi connectivity index (χ1) is 14.1. The summed E-state index contributed by atoms with van der Waals surface area (Å²) in [7, 11) is 0. The molecule has 5 heteroatoms. The highest BCUT2D eigenvalue weighted by Crippen LogP contribution is 2.26. The second kappa shape index (κ2) is 8.87. The number of ketones is 1. The molecule has 2 heterocycles. The van der Waals surface area contributed by atoms with E-state index >= 15 is 0 Å². The molecule has 0 atom stereocenters. The smallest absolute Gasteiger partial charge is 0.254 e. The Morgan fingerprint density at radius 1 is 1.03 bits per heavy atom. The van der Waals surface area contributed by atoms with Crippen molar-refractivity contribution in [3.8, 4) is 0 Å². The molecule has 0 aromatic heterocycles. The summed E-state index contributed by atoms with van der Waals surface area (Å²) in [5.41, 5.74) is 2.58. The van der Waals surface area contributed by atoms with Gasteiger partial charge in [-0.15, -0.1) is 0 Å². The van der Waals surface area contributed by atoms with Gasteiger partial charge in [0.05, 0.1) is 0 Å². The van der Waals surface area contributed by atoms with Crippen molar-refractivity contribution in [1.29, 1.82) is 0 Å². The molecule has 4 nitrogen and oxygen atoms in total. The van der Waals surface area contributed by atoms with Crippen molar-refractivity contribution in [2.75, 3.05) is 26.2 Å². The first-order valence-corrected chi connectivity index (χ1v) is 10.5. The summed E-state index contributed by atoms with van der Waals surface area (Å²) in [4.78, 5) is 29.1. The van der Waals surface area contributed by atoms with Gasteiger partial charge in [-0.1, -0.05) is 18.2 Å². The van der Waals surface area contributed by atoms with E-state index in [1.165, 1.54) is 12.1 Å². The van der Waals surface area contributed by atoms with Crippen LogP contribution in [0.25, 0.3) is 0 Å². The second-order valence-electron chi connectivity index (χ2n) is 8.16. The molecule has 4 rings (SSSR count). The van der Waals surface area contributed by atoms with E-state index in [0.29, 0.717) is 17.9 Å². The third kappa shape index (κ3) is 4.73. The van der Waals surface area contributed by atoms with Crippen LogP contribution in [0.1, 0.15) is 52.0 Å². The van der Waals surface area contributed by atoms with Gasteiger partial charge < -0.3 is 9.80 Å². The zero-order chi connectivity index (χ0) is 20.2. The zero-order valence-corrected chi connectivity index (χ0v) is 16.6. The van der Waals surface area contributed by atoms with Crippen molar-refractivity contribution in [3.63, 3.8) is 0 Å². The summed E-state index contributed by atoms with van der Waals surface area (Å²) in [6, 6.07) is 13.7. The standard InChI is InChI=1S/C24H27FN2O2/c25-21-9-7-19(8-10-21)23(28)6-3-13-26-14-11-18(12-15-26)16-27-17-20-4-1-2-5-22(20)24(27)29/h1-2,4-5,7-10,18H,3,6,11-17H2. The molecule has 1 saturated heterocycles. The van der Waals surface area contributed by atoms with Gasteiger partial charge in [0, 0.05) is 30.6 Å². The van der Waals surface area contributed by atoms with Crippen LogP contribution < -0.4 is 0 Å². The Balaban J connectivity index is 1.17. The van der Waals surface area contributed by atoms with Gasteiger partial charge in [0.2, 0.25) is 0 Å². The summed E-state index contributed by atoms with van der Waals surface area (Å²) >= 11 is 0. The fourth-order valence-corrected chi connectivity index (χ4v) is 4.41. The molecule has 0 saturated carbocycles. The topological polar surface area (TPSA) is 40.6 Å². The quantitative estimate of drug-likeness (QED) is 0.662. The molecular weight excluding hydrogens is 367 g/mol. The first kappa shape index (κ1) is 19.8. The fraction of sp³-hybridized carbons (Fsp3) is 0.417. The minimum Gasteiger partial charge on any atom is -0.334 e. The average molecular weight is 394 g/mol. The molecule has 0 aliphatic carbocycles. The van der Waals surface area contributed by atoms with Gasteiger partial charge in [-0.2, -0.15) is 0 Å². The highest BCUT2D eigenvalue weighted by molar-refractivity contribution is 5.98. The molecular formula is C24H27FN2O2. The number of amides is 1. The van der Waals surface area contributed by atoms with Crippen LogP contribution >= 0.6 is 0 Å².